The number of halogens is 2. The quantitative estimate of drug-likeness (QED) is 0.480. The highest BCUT2D eigenvalue weighted by Crippen LogP contribution is 2.32. The van der Waals surface area contributed by atoms with Crippen molar-refractivity contribution in [1.29, 1.82) is 0 Å². The van der Waals surface area contributed by atoms with Crippen molar-refractivity contribution in [3.63, 3.8) is 0 Å². The van der Waals surface area contributed by atoms with Crippen molar-refractivity contribution >= 4 is 40.0 Å². The minimum Gasteiger partial charge on any atom is -0.496 e. The zero-order chi connectivity index (χ0) is 11.4. The Hall–Kier alpha value is -0.490. The Kier molecular flexibility index (Phi) is 4.66. The molecule has 0 spiro atoms. The molecule has 0 radical (unpaired) electrons. The van der Waals surface area contributed by atoms with E-state index in [1.54, 1.807) is 12.1 Å². The van der Waals surface area contributed by atoms with Gasteiger partial charge in [0.15, 0.2) is 5.78 Å². The number of carbonyl (C=O) groups is 1. The van der Waals surface area contributed by atoms with Crippen LogP contribution in [0, 0.1) is 0 Å². The van der Waals surface area contributed by atoms with Gasteiger partial charge in [0.25, 0.3) is 0 Å². The van der Waals surface area contributed by atoms with Crippen LogP contribution < -0.4 is 9.47 Å². The summed E-state index contributed by atoms with van der Waals surface area (Å²) >= 11 is 7.92. The summed E-state index contributed by atoms with van der Waals surface area (Å²) in [4.78, 5) is 11.6. The van der Waals surface area contributed by atoms with Gasteiger partial charge in [-0.1, -0.05) is 34.2 Å². The molecule has 0 unspecified atom stereocenters. The maximum Gasteiger partial charge on any atom is 0.176 e. The second-order valence-electron chi connectivity index (χ2n) is 2.74. The summed E-state index contributed by atoms with van der Waals surface area (Å²) in [6.45, 7) is 0. The molecular formula is C10H10ClIO3. The lowest BCUT2D eigenvalue weighted by molar-refractivity contribution is 0.102. The summed E-state index contributed by atoms with van der Waals surface area (Å²) in [6.07, 6.45) is 0. The van der Waals surface area contributed by atoms with E-state index < -0.39 is 0 Å². The summed E-state index contributed by atoms with van der Waals surface area (Å²) in [6, 6.07) is 3.18. The molecule has 3 nitrogen and oxygen atoms in total. The van der Waals surface area contributed by atoms with Crippen LogP contribution in [-0.2, 0) is 0 Å². The Balaban J connectivity index is 3.27. The highest BCUT2D eigenvalue weighted by atomic mass is 127. The number of carbonyl (C=O) groups excluding carboxylic acids is 1. The molecule has 0 heterocycles. The Morgan fingerprint density at radius 2 is 1.93 bits per heavy atom. The number of alkyl halides is 1. The van der Waals surface area contributed by atoms with Gasteiger partial charge in [-0.15, -0.1) is 0 Å². The molecule has 0 saturated carbocycles. The van der Waals surface area contributed by atoms with Gasteiger partial charge in [-0.3, -0.25) is 4.79 Å². The SMILES string of the molecule is COc1cc(OC)c(C(=O)CI)cc1Cl. The van der Waals surface area contributed by atoms with Crippen LogP contribution in [0.5, 0.6) is 11.5 Å². The molecule has 0 aliphatic carbocycles. The van der Waals surface area contributed by atoms with E-state index in [1.807, 2.05) is 22.6 Å². The number of rotatable bonds is 4. The fraction of sp³-hybridized carbons (Fsp3) is 0.300. The van der Waals surface area contributed by atoms with Gasteiger partial charge in [0, 0.05) is 6.07 Å². The van der Waals surface area contributed by atoms with Gasteiger partial charge in [0.05, 0.1) is 29.2 Å². The normalized spacial score (nSPS) is 9.87. The van der Waals surface area contributed by atoms with Crippen LogP contribution in [-0.4, -0.2) is 24.4 Å². The smallest absolute Gasteiger partial charge is 0.176 e. The van der Waals surface area contributed by atoms with E-state index in [4.69, 9.17) is 21.1 Å². The fourth-order valence-electron chi connectivity index (χ4n) is 1.15. The topological polar surface area (TPSA) is 35.5 Å². The molecule has 0 saturated heterocycles. The van der Waals surface area contributed by atoms with Crippen molar-refractivity contribution in [2.45, 2.75) is 0 Å². The third kappa shape index (κ3) is 2.75. The van der Waals surface area contributed by atoms with Crippen LogP contribution >= 0.6 is 34.2 Å². The Labute approximate surface area is 107 Å². The van der Waals surface area contributed by atoms with Crippen molar-refractivity contribution in [2.75, 3.05) is 18.6 Å². The predicted molar refractivity (Wildman–Crippen MR) is 67.8 cm³/mol. The Morgan fingerprint density at radius 1 is 1.33 bits per heavy atom. The minimum atomic E-state index is -0.0167. The average Bonchev–Trinajstić information content (AvgIpc) is 2.27. The van der Waals surface area contributed by atoms with Gasteiger partial charge in [0.1, 0.15) is 11.5 Å². The number of Topliss-reactive ketones (excluding diaryl/α,β-unsaturated/α-hetero) is 1. The molecule has 82 valence electrons. The highest BCUT2D eigenvalue weighted by Gasteiger charge is 2.14. The molecule has 15 heavy (non-hydrogen) atoms. The monoisotopic (exact) mass is 340 g/mol. The van der Waals surface area contributed by atoms with Crippen LogP contribution in [0.3, 0.4) is 0 Å². The van der Waals surface area contributed by atoms with Crippen molar-refractivity contribution in [1.82, 2.24) is 0 Å². The first kappa shape index (κ1) is 12.6. The van der Waals surface area contributed by atoms with Gasteiger partial charge < -0.3 is 9.47 Å². The Bertz CT molecular complexity index is 379. The molecule has 5 heteroatoms. The lowest BCUT2D eigenvalue weighted by Gasteiger charge is -2.10. The number of ether oxygens (including phenoxy) is 2. The van der Waals surface area contributed by atoms with Crippen LogP contribution in [0.4, 0.5) is 0 Å². The van der Waals surface area contributed by atoms with Gasteiger partial charge in [-0.05, 0) is 6.07 Å². The molecule has 1 rings (SSSR count). The molecule has 0 aliphatic heterocycles. The largest absolute Gasteiger partial charge is 0.496 e. The van der Waals surface area contributed by atoms with Crippen molar-refractivity contribution in [2.24, 2.45) is 0 Å². The highest BCUT2D eigenvalue weighted by molar-refractivity contribution is 14.1. The summed E-state index contributed by atoms with van der Waals surface area (Å²) in [5.41, 5.74) is 0.484. The lowest BCUT2D eigenvalue weighted by Crippen LogP contribution is -2.03. The van der Waals surface area contributed by atoms with Crippen molar-refractivity contribution in [3.05, 3.63) is 22.7 Å². The molecule has 0 bridgehead atoms. The first-order valence-corrected chi connectivity index (χ1v) is 6.05. The summed E-state index contributed by atoms with van der Waals surface area (Å²) in [5, 5.41) is 0.409. The molecule has 0 aromatic heterocycles. The zero-order valence-corrected chi connectivity index (χ0v) is 11.3. The van der Waals surface area contributed by atoms with E-state index in [-0.39, 0.29) is 5.78 Å². The standard InChI is InChI=1S/C10H10ClIO3/c1-14-9-4-10(15-2)7(11)3-6(9)8(13)5-12/h3-4H,5H2,1-2H3. The first-order chi connectivity index (χ1) is 7.13. The minimum absolute atomic E-state index is 0.0167. The van der Waals surface area contributed by atoms with Gasteiger partial charge in [0.2, 0.25) is 0 Å². The second-order valence-corrected chi connectivity index (χ2v) is 3.91. The number of benzene rings is 1. The second kappa shape index (κ2) is 5.55. The van der Waals surface area contributed by atoms with Crippen molar-refractivity contribution < 1.29 is 14.3 Å². The van der Waals surface area contributed by atoms with E-state index in [0.717, 1.165) is 0 Å². The zero-order valence-electron chi connectivity index (χ0n) is 8.34. The predicted octanol–water partition coefficient (Wildman–Crippen LogP) is 2.97. The molecule has 0 amide bonds. The number of hydrogen-bond donors (Lipinski definition) is 0. The first-order valence-electron chi connectivity index (χ1n) is 4.14. The van der Waals surface area contributed by atoms with Gasteiger partial charge in [-0.25, -0.2) is 0 Å². The van der Waals surface area contributed by atoms with E-state index in [2.05, 4.69) is 0 Å². The molecule has 0 fully saturated rings. The number of hydrogen-bond acceptors (Lipinski definition) is 3. The third-order valence-electron chi connectivity index (χ3n) is 1.90. The molecule has 0 N–H and O–H groups in total. The van der Waals surface area contributed by atoms with E-state index in [1.165, 1.54) is 14.2 Å². The lowest BCUT2D eigenvalue weighted by atomic mass is 10.1. The summed E-state index contributed by atoms with van der Waals surface area (Å²) in [7, 11) is 3.02. The molecule has 0 aliphatic rings. The number of ketones is 1. The number of methoxy groups -OCH3 is 2. The molecular weight excluding hydrogens is 330 g/mol. The van der Waals surface area contributed by atoms with E-state index >= 15 is 0 Å². The fourth-order valence-corrected chi connectivity index (χ4v) is 1.80. The summed E-state index contributed by atoms with van der Waals surface area (Å²) in [5.74, 6) is 0.966. The summed E-state index contributed by atoms with van der Waals surface area (Å²) < 4.78 is 10.5. The molecule has 1 aromatic rings. The molecule has 1 aromatic carbocycles. The third-order valence-corrected chi connectivity index (χ3v) is 2.88. The van der Waals surface area contributed by atoms with Crippen LogP contribution in [0.2, 0.25) is 5.02 Å². The van der Waals surface area contributed by atoms with Crippen LogP contribution in [0.15, 0.2) is 12.1 Å². The maximum absolute atomic E-state index is 11.6. The molecule has 0 atom stereocenters. The average molecular weight is 341 g/mol. The maximum atomic E-state index is 11.6. The van der Waals surface area contributed by atoms with Gasteiger partial charge in [-0.2, -0.15) is 0 Å². The van der Waals surface area contributed by atoms with E-state index in [9.17, 15) is 4.79 Å². The van der Waals surface area contributed by atoms with Crippen LogP contribution in [0.1, 0.15) is 10.4 Å². The van der Waals surface area contributed by atoms with E-state index in [0.29, 0.717) is 26.5 Å². The Morgan fingerprint density at radius 3 is 2.40 bits per heavy atom. The van der Waals surface area contributed by atoms with Gasteiger partial charge >= 0.3 is 0 Å². The van der Waals surface area contributed by atoms with Crippen LogP contribution in [0.25, 0.3) is 0 Å². The van der Waals surface area contributed by atoms with Crippen molar-refractivity contribution in [3.8, 4) is 11.5 Å².